The lowest BCUT2D eigenvalue weighted by molar-refractivity contribution is -0.0644. The lowest BCUT2D eigenvalue weighted by Gasteiger charge is -2.32. The molecule has 2 aromatic rings. The number of piperidine rings is 1. The van der Waals surface area contributed by atoms with E-state index in [4.69, 9.17) is 19.2 Å². The van der Waals surface area contributed by atoms with Crippen LogP contribution in [0.2, 0.25) is 0 Å². The number of hydrogen-bond acceptors (Lipinski definition) is 5. The van der Waals surface area contributed by atoms with Gasteiger partial charge < -0.3 is 14.2 Å². The third-order valence-corrected chi connectivity index (χ3v) is 7.52. The van der Waals surface area contributed by atoms with Crippen LogP contribution in [0.1, 0.15) is 56.9 Å². The minimum Gasteiger partial charge on any atom is -0.492 e. The fraction of sp³-hybridized carbons (Fsp3) is 0.621. The molecule has 1 aromatic carbocycles. The summed E-state index contributed by atoms with van der Waals surface area (Å²) in [5, 5.41) is 0.945. The van der Waals surface area contributed by atoms with E-state index in [-0.39, 0.29) is 13.0 Å². The zero-order valence-corrected chi connectivity index (χ0v) is 21.7. The average molecular weight is 503 g/mol. The van der Waals surface area contributed by atoms with Gasteiger partial charge in [-0.2, -0.15) is 0 Å². The maximum atomic E-state index is 13.7. The number of likely N-dealkylation sites (tertiary alicyclic amines) is 1. The predicted octanol–water partition coefficient (Wildman–Crippen LogP) is 6.44. The molecule has 1 saturated carbocycles. The Kier molecular flexibility index (Phi) is 9.54. The summed E-state index contributed by atoms with van der Waals surface area (Å²) in [7, 11) is 3.46. The summed E-state index contributed by atoms with van der Waals surface area (Å²) in [4.78, 5) is 6.56. The zero-order valence-electron chi connectivity index (χ0n) is 21.7. The Bertz CT molecular complexity index is 1010. The number of nitrogens with zero attached hydrogens (tertiary/aromatic N) is 2. The van der Waals surface area contributed by atoms with Gasteiger partial charge in [0.2, 0.25) is 5.88 Å². The number of allylic oxidation sites excluding steroid dienone is 2. The Morgan fingerprint density at radius 3 is 2.81 bits per heavy atom. The minimum atomic E-state index is -2.57. The molecule has 1 unspecified atom stereocenters. The second-order valence-electron chi connectivity index (χ2n) is 10.1. The number of aromatic nitrogens is 1. The van der Waals surface area contributed by atoms with Crippen molar-refractivity contribution in [2.75, 3.05) is 40.5 Å². The number of benzene rings is 1. The summed E-state index contributed by atoms with van der Waals surface area (Å²) in [6.45, 7) is 1.63. The molecular weight excluding hydrogens is 462 g/mol. The van der Waals surface area contributed by atoms with E-state index >= 15 is 0 Å². The first-order chi connectivity index (χ1) is 17.5. The number of para-hydroxylation sites is 1. The number of fused-ring (bicyclic) bond motifs is 1. The average Bonchev–Trinajstić information content (AvgIpc) is 3.33. The first-order valence-corrected chi connectivity index (χ1v) is 13.4. The van der Waals surface area contributed by atoms with Gasteiger partial charge >= 0.3 is 0 Å². The second kappa shape index (κ2) is 12.8. The minimum absolute atomic E-state index is 0.00665. The number of hydrogen-bond donors (Lipinski definition) is 0. The van der Waals surface area contributed by atoms with Crippen LogP contribution >= 0.6 is 0 Å². The number of alkyl halides is 2. The molecule has 1 aliphatic carbocycles. The van der Waals surface area contributed by atoms with E-state index < -0.39 is 5.92 Å². The first kappa shape index (κ1) is 26.8. The smallest absolute Gasteiger partial charge is 0.260 e. The van der Waals surface area contributed by atoms with Crippen molar-refractivity contribution < 1.29 is 23.0 Å². The van der Waals surface area contributed by atoms with Crippen LogP contribution in [0, 0.1) is 5.92 Å². The molecule has 5 nitrogen and oxygen atoms in total. The van der Waals surface area contributed by atoms with Crippen LogP contribution < -0.4 is 9.47 Å². The number of ether oxygens (including phenoxy) is 3. The maximum Gasteiger partial charge on any atom is 0.260 e. The molecule has 2 aliphatic rings. The van der Waals surface area contributed by atoms with Gasteiger partial charge in [-0.25, -0.2) is 13.8 Å². The SMILES string of the molecule is COc1nc2ccccc2c(OCCCN2CCCC(F)(F)C2)c1C/C=C/CCC1CCC[C@H]1OC. The third kappa shape index (κ3) is 6.94. The van der Waals surface area contributed by atoms with E-state index in [0.29, 0.717) is 50.3 Å². The lowest BCUT2D eigenvalue weighted by Crippen LogP contribution is -2.43. The molecule has 0 spiro atoms. The molecule has 0 bridgehead atoms. The third-order valence-electron chi connectivity index (χ3n) is 7.52. The predicted molar refractivity (Wildman–Crippen MR) is 139 cm³/mol. The molecular formula is C29H40F2N2O3. The summed E-state index contributed by atoms with van der Waals surface area (Å²) in [5.41, 5.74) is 1.74. The highest BCUT2D eigenvalue weighted by atomic mass is 19.3. The molecule has 1 aromatic heterocycles. The number of pyridine rings is 1. The van der Waals surface area contributed by atoms with Crippen LogP contribution in [-0.4, -0.2) is 62.4 Å². The molecule has 7 heteroatoms. The van der Waals surface area contributed by atoms with Crippen molar-refractivity contribution in [3.8, 4) is 11.6 Å². The molecule has 2 atom stereocenters. The van der Waals surface area contributed by atoms with Gasteiger partial charge in [-0.3, -0.25) is 4.90 Å². The van der Waals surface area contributed by atoms with Gasteiger partial charge in [0.05, 0.1) is 37.4 Å². The van der Waals surface area contributed by atoms with Crippen molar-refractivity contribution in [1.82, 2.24) is 9.88 Å². The van der Waals surface area contributed by atoms with Crippen LogP contribution in [0.4, 0.5) is 8.78 Å². The molecule has 0 amide bonds. The Morgan fingerprint density at radius 2 is 2.00 bits per heavy atom. The first-order valence-electron chi connectivity index (χ1n) is 13.4. The van der Waals surface area contributed by atoms with E-state index in [2.05, 4.69) is 12.2 Å². The maximum absolute atomic E-state index is 13.7. The summed E-state index contributed by atoms with van der Waals surface area (Å²) < 4.78 is 45.1. The normalized spacial score (nSPS) is 22.4. The molecule has 36 heavy (non-hydrogen) atoms. The fourth-order valence-electron chi connectivity index (χ4n) is 5.69. The van der Waals surface area contributed by atoms with Crippen LogP contribution in [0.25, 0.3) is 10.9 Å². The van der Waals surface area contributed by atoms with Crippen molar-refractivity contribution in [2.24, 2.45) is 5.92 Å². The van der Waals surface area contributed by atoms with E-state index in [1.165, 1.54) is 19.3 Å². The van der Waals surface area contributed by atoms with Gasteiger partial charge in [-0.15, -0.1) is 0 Å². The second-order valence-corrected chi connectivity index (χ2v) is 10.1. The largest absolute Gasteiger partial charge is 0.492 e. The highest BCUT2D eigenvalue weighted by Crippen LogP contribution is 2.36. The molecule has 198 valence electrons. The molecule has 0 N–H and O–H groups in total. The van der Waals surface area contributed by atoms with Crippen molar-refractivity contribution >= 4 is 10.9 Å². The van der Waals surface area contributed by atoms with E-state index in [0.717, 1.165) is 41.6 Å². The Morgan fingerprint density at radius 1 is 1.14 bits per heavy atom. The number of rotatable bonds is 12. The Hall–Kier alpha value is -2.25. The molecule has 0 radical (unpaired) electrons. The summed E-state index contributed by atoms with van der Waals surface area (Å²) in [5.74, 6) is -0.578. The molecule has 1 aliphatic heterocycles. The zero-order chi connectivity index (χ0) is 25.4. The molecule has 4 rings (SSSR count). The van der Waals surface area contributed by atoms with Gasteiger partial charge in [0, 0.05) is 25.5 Å². The van der Waals surface area contributed by atoms with Crippen LogP contribution in [-0.2, 0) is 11.2 Å². The molecule has 2 fully saturated rings. The lowest BCUT2D eigenvalue weighted by atomic mass is 9.99. The van der Waals surface area contributed by atoms with E-state index in [9.17, 15) is 8.78 Å². The molecule has 1 saturated heterocycles. The van der Waals surface area contributed by atoms with E-state index in [1.54, 1.807) is 7.11 Å². The van der Waals surface area contributed by atoms with Gasteiger partial charge in [0.25, 0.3) is 5.92 Å². The van der Waals surface area contributed by atoms with Gasteiger partial charge in [-0.1, -0.05) is 30.7 Å². The van der Waals surface area contributed by atoms with Crippen molar-refractivity contribution in [3.63, 3.8) is 0 Å². The monoisotopic (exact) mass is 502 g/mol. The quantitative estimate of drug-likeness (QED) is 0.247. The molecule has 2 heterocycles. The van der Waals surface area contributed by atoms with Crippen LogP contribution in [0.15, 0.2) is 36.4 Å². The van der Waals surface area contributed by atoms with E-state index in [1.807, 2.05) is 36.3 Å². The Labute approximate surface area is 213 Å². The van der Waals surface area contributed by atoms with Crippen molar-refractivity contribution in [2.45, 2.75) is 69.8 Å². The van der Waals surface area contributed by atoms with Crippen LogP contribution in [0.3, 0.4) is 0 Å². The number of methoxy groups -OCH3 is 2. The number of halogens is 2. The summed E-state index contributed by atoms with van der Waals surface area (Å²) in [6, 6.07) is 7.89. The fourth-order valence-corrected chi connectivity index (χ4v) is 5.69. The standard InChI is InChI=1S/C29H40F2N2O3/c1-34-26-16-8-12-22(26)11-4-3-5-14-24-27(23-13-6-7-15-25(23)32-28(24)35-2)36-20-10-19-33-18-9-17-29(30,31)21-33/h3,5-7,13,15,22,26H,4,8-12,14,16-21H2,1-2H3/b5-3+/t22?,26-/m1/s1. The highest BCUT2D eigenvalue weighted by Gasteiger charge is 2.34. The van der Waals surface area contributed by atoms with Crippen molar-refractivity contribution in [3.05, 3.63) is 42.0 Å². The summed E-state index contributed by atoms with van der Waals surface area (Å²) >= 11 is 0. The summed E-state index contributed by atoms with van der Waals surface area (Å²) in [6.07, 6.45) is 12.5. The Balaban J connectivity index is 1.40. The van der Waals surface area contributed by atoms with Gasteiger partial charge in [0.15, 0.2) is 0 Å². The van der Waals surface area contributed by atoms with Crippen LogP contribution in [0.5, 0.6) is 11.6 Å². The van der Waals surface area contributed by atoms with Gasteiger partial charge in [0.1, 0.15) is 5.75 Å². The highest BCUT2D eigenvalue weighted by molar-refractivity contribution is 5.87. The van der Waals surface area contributed by atoms with Gasteiger partial charge in [-0.05, 0) is 69.5 Å². The topological polar surface area (TPSA) is 43.8 Å². The van der Waals surface area contributed by atoms with Crippen molar-refractivity contribution in [1.29, 1.82) is 0 Å².